The van der Waals surface area contributed by atoms with Crippen molar-refractivity contribution in [2.75, 3.05) is 6.54 Å². The summed E-state index contributed by atoms with van der Waals surface area (Å²) >= 11 is 3.28. The van der Waals surface area contributed by atoms with Crippen molar-refractivity contribution in [3.8, 4) is 0 Å². The predicted molar refractivity (Wildman–Crippen MR) is 63.8 cm³/mol. The first-order valence-corrected chi connectivity index (χ1v) is 5.66. The van der Waals surface area contributed by atoms with Gasteiger partial charge in [0, 0.05) is 17.9 Å². The maximum atomic E-state index is 10.6. The van der Waals surface area contributed by atoms with E-state index >= 15 is 0 Å². The molecule has 1 aromatic rings. The van der Waals surface area contributed by atoms with Gasteiger partial charge in [0.1, 0.15) is 12.2 Å². The maximum absolute atomic E-state index is 10.6. The summed E-state index contributed by atoms with van der Waals surface area (Å²) in [5, 5.41) is 21.8. The Labute approximate surface area is 102 Å². The number of carbonyl (C=O) groups excluding carboxylic acids is 1. The van der Waals surface area contributed by atoms with Gasteiger partial charge in [-0.1, -0.05) is 28.1 Å². The summed E-state index contributed by atoms with van der Waals surface area (Å²) in [7, 11) is 0. The van der Waals surface area contributed by atoms with Crippen molar-refractivity contribution in [1.29, 1.82) is 0 Å². The third-order valence-electron chi connectivity index (χ3n) is 2.14. The quantitative estimate of drug-likeness (QED) is 0.773. The minimum absolute atomic E-state index is 0.0343. The number of amides is 1. The summed E-state index contributed by atoms with van der Waals surface area (Å²) < 4.78 is 0.903. The number of carbonyl (C=O) groups is 1. The van der Waals surface area contributed by atoms with E-state index in [1.165, 1.54) is 6.92 Å². The van der Waals surface area contributed by atoms with Gasteiger partial charge in [-0.25, -0.2) is 0 Å². The molecule has 0 aliphatic carbocycles. The van der Waals surface area contributed by atoms with Crippen LogP contribution in [0.25, 0.3) is 0 Å². The SMILES string of the molecule is CC(=O)NCC(O)C(O)c1ccc(Br)cc1. The molecule has 0 aliphatic heterocycles. The topological polar surface area (TPSA) is 69.6 Å². The van der Waals surface area contributed by atoms with E-state index in [1.807, 2.05) is 0 Å². The Morgan fingerprint density at radius 3 is 2.44 bits per heavy atom. The molecule has 5 heteroatoms. The van der Waals surface area contributed by atoms with Gasteiger partial charge in [-0.2, -0.15) is 0 Å². The molecule has 0 spiro atoms. The lowest BCUT2D eigenvalue weighted by Crippen LogP contribution is -2.34. The van der Waals surface area contributed by atoms with Crippen LogP contribution in [-0.2, 0) is 4.79 Å². The van der Waals surface area contributed by atoms with Crippen LogP contribution in [-0.4, -0.2) is 28.8 Å². The zero-order valence-corrected chi connectivity index (χ0v) is 10.4. The van der Waals surface area contributed by atoms with Crippen LogP contribution in [0.5, 0.6) is 0 Å². The Morgan fingerprint density at radius 2 is 1.94 bits per heavy atom. The Bertz CT molecular complexity index is 353. The largest absolute Gasteiger partial charge is 0.388 e. The van der Waals surface area contributed by atoms with E-state index in [1.54, 1.807) is 24.3 Å². The molecule has 0 aromatic heterocycles. The van der Waals surface area contributed by atoms with Gasteiger partial charge in [0.2, 0.25) is 5.91 Å². The number of hydrogen-bond acceptors (Lipinski definition) is 3. The fourth-order valence-electron chi connectivity index (χ4n) is 1.24. The van der Waals surface area contributed by atoms with Crippen molar-refractivity contribution in [2.24, 2.45) is 0 Å². The number of hydrogen-bond donors (Lipinski definition) is 3. The third kappa shape index (κ3) is 3.92. The van der Waals surface area contributed by atoms with Crippen molar-refractivity contribution in [3.05, 3.63) is 34.3 Å². The molecular weight excluding hydrogens is 274 g/mol. The van der Waals surface area contributed by atoms with Crippen molar-refractivity contribution < 1.29 is 15.0 Å². The van der Waals surface area contributed by atoms with Crippen LogP contribution in [0.2, 0.25) is 0 Å². The number of nitrogens with one attached hydrogen (secondary N) is 1. The summed E-state index contributed by atoms with van der Waals surface area (Å²) in [6.45, 7) is 1.39. The van der Waals surface area contributed by atoms with Gasteiger partial charge >= 0.3 is 0 Å². The zero-order chi connectivity index (χ0) is 12.1. The van der Waals surface area contributed by atoms with Crippen LogP contribution in [0.4, 0.5) is 0 Å². The predicted octanol–water partition coefficient (Wildman–Crippen LogP) is 0.979. The summed E-state index contributed by atoms with van der Waals surface area (Å²) in [4.78, 5) is 10.6. The first kappa shape index (κ1) is 13.2. The standard InChI is InChI=1S/C11H14BrNO3/c1-7(14)13-6-10(15)11(16)8-2-4-9(12)5-3-8/h2-5,10-11,15-16H,6H2,1H3,(H,13,14). The molecule has 16 heavy (non-hydrogen) atoms. The fourth-order valence-corrected chi connectivity index (χ4v) is 1.51. The fraction of sp³-hybridized carbons (Fsp3) is 0.364. The second-order valence-electron chi connectivity index (χ2n) is 3.50. The lowest BCUT2D eigenvalue weighted by Gasteiger charge is -2.18. The summed E-state index contributed by atoms with van der Waals surface area (Å²) in [5.74, 6) is -0.234. The molecule has 0 bridgehead atoms. The van der Waals surface area contributed by atoms with Crippen LogP contribution >= 0.6 is 15.9 Å². The van der Waals surface area contributed by atoms with Crippen LogP contribution < -0.4 is 5.32 Å². The molecule has 2 atom stereocenters. The van der Waals surface area contributed by atoms with Gasteiger partial charge in [0.15, 0.2) is 0 Å². The molecule has 0 radical (unpaired) electrons. The molecule has 2 unspecified atom stereocenters. The maximum Gasteiger partial charge on any atom is 0.216 e. The molecule has 1 amide bonds. The Hall–Kier alpha value is -0.910. The second kappa shape index (κ2) is 5.98. The minimum Gasteiger partial charge on any atom is -0.388 e. The van der Waals surface area contributed by atoms with Crippen molar-refractivity contribution in [2.45, 2.75) is 19.1 Å². The van der Waals surface area contributed by atoms with Crippen molar-refractivity contribution in [1.82, 2.24) is 5.32 Å². The lowest BCUT2D eigenvalue weighted by molar-refractivity contribution is -0.119. The monoisotopic (exact) mass is 287 g/mol. The third-order valence-corrected chi connectivity index (χ3v) is 2.66. The van der Waals surface area contributed by atoms with E-state index in [2.05, 4.69) is 21.2 Å². The van der Waals surface area contributed by atoms with Gasteiger partial charge in [-0.15, -0.1) is 0 Å². The molecule has 0 aliphatic rings. The molecule has 0 heterocycles. The van der Waals surface area contributed by atoms with Gasteiger partial charge in [0.25, 0.3) is 0 Å². The molecular formula is C11H14BrNO3. The molecule has 3 N–H and O–H groups in total. The average Bonchev–Trinajstić information content (AvgIpc) is 2.26. The lowest BCUT2D eigenvalue weighted by atomic mass is 10.0. The summed E-state index contributed by atoms with van der Waals surface area (Å²) in [6, 6.07) is 6.99. The molecule has 0 saturated heterocycles. The number of halogens is 1. The van der Waals surface area contributed by atoms with Gasteiger partial charge < -0.3 is 15.5 Å². The van der Waals surface area contributed by atoms with E-state index < -0.39 is 12.2 Å². The zero-order valence-electron chi connectivity index (χ0n) is 8.85. The van der Waals surface area contributed by atoms with Crippen LogP contribution in [0.1, 0.15) is 18.6 Å². The normalized spacial score (nSPS) is 14.2. The van der Waals surface area contributed by atoms with E-state index in [-0.39, 0.29) is 12.5 Å². The number of aliphatic hydroxyl groups is 2. The highest BCUT2D eigenvalue weighted by Gasteiger charge is 2.18. The molecule has 1 aromatic carbocycles. The highest BCUT2D eigenvalue weighted by atomic mass is 79.9. The van der Waals surface area contributed by atoms with Gasteiger partial charge in [0.05, 0.1) is 0 Å². The highest BCUT2D eigenvalue weighted by Crippen LogP contribution is 2.19. The van der Waals surface area contributed by atoms with E-state index in [0.717, 1.165) is 4.47 Å². The van der Waals surface area contributed by atoms with Gasteiger partial charge in [-0.05, 0) is 17.7 Å². The molecule has 0 saturated carbocycles. The molecule has 1 rings (SSSR count). The summed E-state index contributed by atoms with van der Waals surface area (Å²) in [5.41, 5.74) is 0.612. The smallest absolute Gasteiger partial charge is 0.216 e. The average molecular weight is 288 g/mol. The molecule has 0 fully saturated rings. The Morgan fingerprint density at radius 1 is 1.38 bits per heavy atom. The minimum atomic E-state index is -1.01. The Kier molecular flexibility index (Phi) is 4.92. The summed E-state index contributed by atoms with van der Waals surface area (Å²) in [6.07, 6.45) is -2.01. The van der Waals surface area contributed by atoms with Crippen molar-refractivity contribution in [3.63, 3.8) is 0 Å². The van der Waals surface area contributed by atoms with Crippen LogP contribution in [0.3, 0.4) is 0 Å². The first-order chi connectivity index (χ1) is 7.50. The van der Waals surface area contributed by atoms with Crippen LogP contribution in [0, 0.1) is 0 Å². The van der Waals surface area contributed by atoms with E-state index in [4.69, 9.17) is 0 Å². The highest BCUT2D eigenvalue weighted by molar-refractivity contribution is 9.10. The second-order valence-corrected chi connectivity index (χ2v) is 4.42. The van der Waals surface area contributed by atoms with E-state index in [9.17, 15) is 15.0 Å². The number of benzene rings is 1. The Balaban J connectivity index is 2.59. The van der Waals surface area contributed by atoms with Crippen molar-refractivity contribution >= 4 is 21.8 Å². The number of aliphatic hydroxyl groups excluding tert-OH is 2. The molecule has 4 nitrogen and oxygen atoms in total. The van der Waals surface area contributed by atoms with Crippen LogP contribution in [0.15, 0.2) is 28.7 Å². The molecule has 88 valence electrons. The van der Waals surface area contributed by atoms with Gasteiger partial charge in [-0.3, -0.25) is 4.79 Å². The first-order valence-electron chi connectivity index (χ1n) is 4.86. The van der Waals surface area contributed by atoms with E-state index in [0.29, 0.717) is 5.56 Å². The number of rotatable bonds is 4.